The molecule has 0 amide bonds. The van der Waals surface area contributed by atoms with Crippen LogP contribution in [0.2, 0.25) is 0 Å². The lowest BCUT2D eigenvalue weighted by Crippen LogP contribution is -1.99. The Morgan fingerprint density at radius 1 is 1.13 bits per heavy atom. The van der Waals surface area contributed by atoms with E-state index in [1.807, 2.05) is 12.1 Å². The molecule has 2 aromatic rings. The molecular formula is C10H5N5. The summed E-state index contributed by atoms with van der Waals surface area (Å²) >= 11 is 0. The van der Waals surface area contributed by atoms with Crippen LogP contribution >= 0.6 is 0 Å². The molecule has 0 aromatic carbocycles. The van der Waals surface area contributed by atoms with Gasteiger partial charge in [0.25, 0.3) is 0 Å². The molecule has 0 fully saturated rings. The largest absolute Gasteiger partial charge is 0.291 e. The van der Waals surface area contributed by atoms with Crippen LogP contribution in [-0.2, 0) is 0 Å². The molecule has 0 saturated carbocycles. The molecule has 0 saturated heterocycles. The average Bonchev–Trinajstić information content (AvgIpc) is 2.77. The van der Waals surface area contributed by atoms with E-state index in [2.05, 4.69) is 9.97 Å². The molecule has 0 atom stereocenters. The molecule has 15 heavy (non-hydrogen) atoms. The van der Waals surface area contributed by atoms with Crippen molar-refractivity contribution in [1.82, 2.24) is 14.5 Å². The van der Waals surface area contributed by atoms with Gasteiger partial charge in [0.15, 0.2) is 11.5 Å². The van der Waals surface area contributed by atoms with E-state index in [0.717, 1.165) is 0 Å². The van der Waals surface area contributed by atoms with E-state index in [0.29, 0.717) is 11.5 Å². The molecule has 0 spiro atoms. The van der Waals surface area contributed by atoms with Crippen molar-refractivity contribution in [2.75, 3.05) is 0 Å². The van der Waals surface area contributed by atoms with Crippen LogP contribution in [0, 0.1) is 22.7 Å². The normalized spacial score (nSPS) is 9.20. The first-order valence-corrected chi connectivity index (χ1v) is 4.15. The van der Waals surface area contributed by atoms with Crippen LogP contribution in [0.4, 0.5) is 0 Å². The lowest BCUT2D eigenvalue weighted by molar-refractivity contribution is 0.961. The highest BCUT2D eigenvalue weighted by Gasteiger charge is 2.03. The number of rotatable bonds is 1. The zero-order valence-corrected chi connectivity index (χ0v) is 7.62. The lowest BCUT2D eigenvalue weighted by Gasteiger charge is -2.01. The second-order valence-corrected chi connectivity index (χ2v) is 2.75. The Labute approximate surface area is 85.9 Å². The number of aromatic nitrogens is 3. The van der Waals surface area contributed by atoms with Gasteiger partial charge in [-0.15, -0.1) is 0 Å². The van der Waals surface area contributed by atoms with Crippen LogP contribution in [0.5, 0.6) is 0 Å². The third-order valence-electron chi connectivity index (χ3n) is 1.86. The summed E-state index contributed by atoms with van der Waals surface area (Å²) in [6.07, 6.45) is 4.55. The summed E-state index contributed by atoms with van der Waals surface area (Å²) in [5.74, 6) is 0.524. The first-order valence-electron chi connectivity index (χ1n) is 4.15. The molecule has 2 heterocycles. The summed E-state index contributed by atoms with van der Waals surface area (Å²) in [7, 11) is 0. The Morgan fingerprint density at radius 2 is 2.00 bits per heavy atom. The number of hydrogen-bond acceptors (Lipinski definition) is 4. The molecule has 0 aliphatic heterocycles. The van der Waals surface area contributed by atoms with Crippen molar-refractivity contribution in [1.29, 1.82) is 10.5 Å². The van der Waals surface area contributed by atoms with Gasteiger partial charge < -0.3 is 0 Å². The van der Waals surface area contributed by atoms with Gasteiger partial charge in [-0.2, -0.15) is 10.5 Å². The highest BCUT2D eigenvalue weighted by atomic mass is 15.1. The maximum atomic E-state index is 8.80. The summed E-state index contributed by atoms with van der Waals surface area (Å²) < 4.78 is 1.61. The van der Waals surface area contributed by atoms with Gasteiger partial charge in [0.05, 0.1) is 12.4 Å². The van der Waals surface area contributed by atoms with Crippen LogP contribution in [0.25, 0.3) is 5.82 Å². The molecule has 70 valence electrons. The SMILES string of the molecule is N#Cc1cnc(-n2cccc2C#N)cn1. The van der Waals surface area contributed by atoms with Crippen LogP contribution < -0.4 is 0 Å². The molecule has 0 aliphatic rings. The van der Waals surface area contributed by atoms with Crippen molar-refractivity contribution < 1.29 is 0 Å². The molecule has 2 rings (SSSR count). The first-order chi connectivity index (χ1) is 7.35. The molecule has 0 N–H and O–H groups in total. The van der Waals surface area contributed by atoms with Gasteiger partial charge in [-0.3, -0.25) is 4.57 Å². The molecule has 5 nitrogen and oxygen atoms in total. The van der Waals surface area contributed by atoms with Crippen molar-refractivity contribution in [3.8, 4) is 18.0 Å². The maximum Gasteiger partial charge on any atom is 0.158 e. The number of nitriles is 2. The minimum absolute atomic E-state index is 0.254. The number of nitrogens with zero attached hydrogens (tertiary/aromatic N) is 5. The smallest absolute Gasteiger partial charge is 0.158 e. The standard InChI is InChI=1S/C10H5N5/c11-4-8-6-14-10(7-13-8)15-3-1-2-9(15)5-12/h1-3,6-7H. The molecule has 0 bridgehead atoms. The van der Waals surface area contributed by atoms with E-state index >= 15 is 0 Å². The Bertz CT molecular complexity index is 553. The fourth-order valence-electron chi connectivity index (χ4n) is 1.18. The van der Waals surface area contributed by atoms with E-state index in [4.69, 9.17) is 10.5 Å². The van der Waals surface area contributed by atoms with E-state index in [1.165, 1.54) is 12.4 Å². The molecule has 0 aliphatic carbocycles. The predicted octanol–water partition coefficient (Wildman–Crippen LogP) is 1.01. The van der Waals surface area contributed by atoms with Crippen molar-refractivity contribution in [3.63, 3.8) is 0 Å². The Morgan fingerprint density at radius 3 is 2.60 bits per heavy atom. The summed E-state index contributed by atoms with van der Waals surface area (Å²) in [6, 6.07) is 7.34. The van der Waals surface area contributed by atoms with E-state index < -0.39 is 0 Å². The third kappa shape index (κ3) is 1.54. The maximum absolute atomic E-state index is 8.80. The summed E-state index contributed by atoms with van der Waals surface area (Å²) in [4.78, 5) is 7.90. The van der Waals surface area contributed by atoms with Crippen molar-refractivity contribution in [2.24, 2.45) is 0 Å². The minimum atomic E-state index is 0.254. The van der Waals surface area contributed by atoms with Gasteiger partial charge in [0.1, 0.15) is 17.8 Å². The van der Waals surface area contributed by atoms with Crippen LogP contribution in [0.1, 0.15) is 11.4 Å². The van der Waals surface area contributed by atoms with Crippen molar-refractivity contribution in [3.05, 3.63) is 42.1 Å². The second kappa shape index (κ2) is 3.60. The highest BCUT2D eigenvalue weighted by Crippen LogP contribution is 2.08. The zero-order chi connectivity index (χ0) is 10.7. The fraction of sp³-hybridized carbons (Fsp3) is 0. The van der Waals surface area contributed by atoms with Gasteiger partial charge >= 0.3 is 0 Å². The van der Waals surface area contributed by atoms with Gasteiger partial charge in [-0.25, -0.2) is 9.97 Å². The van der Waals surface area contributed by atoms with Gasteiger partial charge in [-0.05, 0) is 12.1 Å². The van der Waals surface area contributed by atoms with Gasteiger partial charge in [-0.1, -0.05) is 0 Å². The third-order valence-corrected chi connectivity index (χ3v) is 1.86. The van der Waals surface area contributed by atoms with Gasteiger partial charge in [0.2, 0.25) is 0 Å². The monoisotopic (exact) mass is 195 g/mol. The number of hydrogen-bond donors (Lipinski definition) is 0. The van der Waals surface area contributed by atoms with Crippen LogP contribution in [-0.4, -0.2) is 14.5 Å². The predicted molar refractivity (Wildman–Crippen MR) is 50.8 cm³/mol. The molecule has 5 heteroatoms. The van der Waals surface area contributed by atoms with E-state index in [9.17, 15) is 0 Å². The summed E-state index contributed by atoms with van der Waals surface area (Å²) in [5.41, 5.74) is 0.735. The summed E-state index contributed by atoms with van der Waals surface area (Å²) in [6.45, 7) is 0. The average molecular weight is 195 g/mol. The Kier molecular flexibility index (Phi) is 2.14. The van der Waals surface area contributed by atoms with Crippen LogP contribution in [0.15, 0.2) is 30.7 Å². The van der Waals surface area contributed by atoms with Gasteiger partial charge in [0, 0.05) is 6.20 Å². The molecular weight excluding hydrogens is 190 g/mol. The second-order valence-electron chi connectivity index (χ2n) is 2.75. The van der Waals surface area contributed by atoms with Crippen molar-refractivity contribution >= 4 is 0 Å². The lowest BCUT2D eigenvalue weighted by atomic mass is 10.4. The van der Waals surface area contributed by atoms with E-state index in [1.54, 1.807) is 22.9 Å². The fourth-order valence-corrected chi connectivity index (χ4v) is 1.18. The topological polar surface area (TPSA) is 78.3 Å². The first kappa shape index (κ1) is 8.92. The quantitative estimate of drug-likeness (QED) is 0.680. The highest BCUT2D eigenvalue weighted by molar-refractivity contribution is 5.33. The summed E-state index contributed by atoms with van der Waals surface area (Å²) in [5, 5.41) is 17.3. The molecule has 0 radical (unpaired) electrons. The zero-order valence-electron chi connectivity index (χ0n) is 7.62. The van der Waals surface area contributed by atoms with Crippen LogP contribution in [0.3, 0.4) is 0 Å². The Hall–Kier alpha value is -2.66. The minimum Gasteiger partial charge on any atom is -0.291 e. The molecule has 2 aromatic heterocycles. The molecule has 0 unspecified atom stereocenters. The van der Waals surface area contributed by atoms with Crippen molar-refractivity contribution in [2.45, 2.75) is 0 Å². The Balaban J connectivity index is 2.48. The van der Waals surface area contributed by atoms with E-state index in [-0.39, 0.29) is 5.69 Å².